The van der Waals surface area contributed by atoms with E-state index < -0.39 is 0 Å². The first-order valence-corrected chi connectivity index (χ1v) is 6.23. The maximum absolute atomic E-state index is 11.0. The molecule has 1 amide bonds. The minimum Gasteiger partial charge on any atom is -0.368 e. The summed E-state index contributed by atoms with van der Waals surface area (Å²) in [6, 6.07) is -0.182. The van der Waals surface area contributed by atoms with Crippen LogP contribution in [-0.2, 0) is 4.79 Å². The van der Waals surface area contributed by atoms with Gasteiger partial charge in [-0.1, -0.05) is 13.8 Å². The second-order valence-electron chi connectivity index (χ2n) is 5.13. The van der Waals surface area contributed by atoms with Gasteiger partial charge in [0.05, 0.1) is 6.04 Å². The van der Waals surface area contributed by atoms with Crippen LogP contribution < -0.4 is 11.1 Å². The molecule has 0 aliphatic carbocycles. The van der Waals surface area contributed by atoms with Gasteiger partial charge in [0.1, 0.15) is 0 Å². The highest BCUT2D eigenvalue weighted by Crippen LogP contribution is 2.23. The SMILES string of the molecule is CNC(CCN1CCC(C(C)C)C1)C(N)=O. The van der Waals surface area contributed by atoms with E-state index in [4.69, 9.17) is 5.73 Å². The molecule has 16 heavy (non-hydrogen) atoms. The van der Waals surface area contributed by atoms with Crippen molar-refractivity contribution in [1.82, 2.24) is 10.2 Å². The molecule has 4 heteroatoms. The Kier molecular flexibility index (Phi) is 5.22. The molecule has 2 unspecified atom stereocenters. The average molecular weight is 227 g/mol. The lowest BCUT2D eigenvalue weighted by Crippen LogP contribution is -2.41. The molecule has 3 N–H and O–H groups in total. The zero-order chi connectivity index (χ0) is 12.1. The Hall–Kier alpha value is -0.610. The van der Waals surface area contributed by atoms with Crippen molar-refractivity contribution in [1.29, 1.82) is 0 Å². The summed E-state index contributed by atoms with van der Waals surface area (Å²) in [6.07, 6.45) is 2.11. The Labute approximate surface area is 98.6 Å². The summed E-state index contributed by atoms with van der Waals surface area (Å²) in [5.74, 6) is 1.34. The molecule has 94 valence electrons. The minimum atomic E-state index is -0.248. The predicted octanol–water partition coefficient (Wildman–Crippen LogP) is 0.428. The van der Waals surface area contributed by atoms with E-state index in [1.54, 1.807) is 7.05 Å². The highest BCUT2D eigenvalue weighted by molar-refractivity contribution is 5.79. The van der Waals surface area contributed by atoms with Gasteiger partial charge in [0, 0.05) is 13.1 Å². The van der Waals surface area contributed by atoms with E-state index in [0.717, 1.165) is 31.3 Å². The molecule has 0 aromatic carbocycles. The third-order valence-electron chi connectivity index (χ3n) is 3.68. The molecular formula is C12H25N3O. The van der Waals surface area contributed by atoms with Crippen molar-refractivity contribution in [2.45, 2.75) is 32.7 Å². The first kappa shape index (κ1) is 13.5. The molecule has 1 aliphatic rings. The molecule has 0 aromatic heterocycles. The van der Waals surface area contributed by atoms with Gasteiger partial charge in [-0.2, -0.15) is 0 Å². The molecule has 1 rings (SSSR count). The van der Waals surface area contributed by atoms with Crippen LogP contribution in [0.25, 0.3) is 0 Å². The third kappa shape index (κ3) is 3.76. The van der Waals surface area contributed by atoms with E-state index in [1.807, 2.05) is 0 Å². The number of hydrogen-bond donors (Lipinski definition) is 2. The van der Waals surface area contributed by atoms with Crippen LogP contribution in [0.4, 0.5) is 0 Å². The lowest BCUT2D eigenvalue weighted by Gasteiger charge is -2.20. The summed E-state index contributed by atoms with van der Waals surface area (Å²) in [6.45, 7) is 7.88. The number of hydrogen-bond acceptors (Lipinski definition) is 3. The lowest BCUT2D eigenvalue weighted by molar-refractivity contribution is -0.120. The number of nitrogens with two attached hydrogens (primary N) is 1. The van der Waals surface area contributed by atoms with Gasteiger partial charge in [-0.3, -0.25) is 4.79 Å². The molecule has 1 heterocycles. The molecule has 2 atom stereocenters. The largest absolute Gasteiger partial charge is 0.368 e. The highest BCUT2D eigenvalue weighted by Gasteiger charge is 2.25. The van der Waals surface area contributed by atoms with E-state index in [0.29, 0.717) is 0 Å². The fourth-order valence-corrected chi connectivity index (χ4v) is 2.35. The van der Waals surface area contributed by atoms with Crippen LogP contribution >= 0.6 is 0 Å². The van der Waals surface area contributed by atoms with Gasteiger partial charge >= 0.3 is 0 Å². The molecule has 0 saturated carbocycles. The van der Waals surface area contributed by atoms with Crippen molar-refractivity contribution in [3.05, 3.63) is 0 Å². The van der Waals surface area contributed by atoms with E-state index in [9.17, 15) is 4.79 Å². The summed E-state index contributed by atoms with van der Waals surface area (Å²) in [7, 11) is 1.79. The van der Waals surface area contributed by atoms with Crippen LogP contribution in [0.3, 0.4) is 0 Å². The van der Waals surface area contributed by atoms with Gasteiger partial charge in [-0.05, 0) is 38.3 Å². The summed E-state index contributed by atoms with van der Waals surface area (Å²) in [4.78, 5) is 13.5. The first-order chi connectivity index (χ1) is 7.54. The van der Waals surface area contributed by atoms with Crippen molar-refractivity contribution in [2.24, 2.45) is 17.6 Å². The molecule has 0 aromatic rings. The quantitative estimate of drug-likeness (QED) is 0.692. The maximum Gasteiger partial charge on any atom is 0.234 e. The first-order valence-electron chi connectivity index (χ1n) is 6.23. The summed E-state index contributed by atoms with van der Waals surface area (Å²) < 4.78 is 0. The topological polar surface area (TPSA) is 58.4 Å². The van der Waals surface area contributed by atoms with E-state index in [1.165, 1.54) is 13.0 Å². The Balaban J connectivity index is 2.26. The van der Waals surface area contributed by atoms with Crippen molar-refractivity contribution in [3.63, 3.8) is 0 Å². The van der Waals surface area contributed by atoms with Gasteiger partial charge in [0.2, 0.25) is 5.91 Å². The second-order valence-corrected chi connectivity index (χ2v) is 5.13. The normalized spacial score (nSPS) is 23.9. The second kappa shape index (κ2) is 6.21. The number of amides is 1. The molecule has 4 nitrogen and oxygen atoms in total. The number of nitrogens with one attached hydrogen (secondary N) is 1. The molecule has 0 radical (unpaired) electrons. The molecule has 0 bridgehead atoms. The van der Waals surface area contributed by atoms with Gasteiger partial charge in [0.25, 0.3) is 0 Å². The van der Waals surface area contributed by atoms with Gasteiger partial charge < -0.3 is 16.0 Å². The van der Waals surface area contributed by atoms with Crippen LogP contribution in [0.2, 0.25) is 0 Å². The van der Waals surface area contributed by atoms with E-state index >= 15 is 0 Å². The van der Waals surface area contributed by atoms with E-state index in [2.05, 4.69) is 24.1 Å². The lowest BCUT2D eigenvalue weighted by atomic mass is 9.95. The number of likely N-dealkylation sites (N-methyl/N-ethyl adjacent to an activating group) is 1. The Bertz CT molecular complexity index is 230. The van der Waals surface area contributed by atoms with Gasteiger partial charge in [-0.15, -0.1) is 0 Å². The summed E-state index contributed by atoms with van der Waals surface area (Å²) >= 11 is 0. The Morgan fingerprint density at radius 1 is 1.56 bits per heavy atom. The van der Waals surface area contributed by atoms with Gasteiger partial charge in [-0.25, -0.2) is 0 Å². The Morgan fingerprint density at radius 3 is 2.69 bits per heavy atom. The van der Waals surface area contributed by atoms with Crippen LogP contribution in [-0.4, -0.2) is 43.5 Å². The summed E-state index contributed by atoms with van der Waals surface area (Å²) in [5.41, 5.74) is 5.29. The van der Waals surface area contributed by atoms with Gasteiger partial charge in [0.15, 0.2) is 0 Å². The number of rotatable bonds is 6. The average Bonchev–Trinajstić information content (AvgIpc) is 2.67. The number of nitrogens with zero attached hydrogens (tertiary/aromatic N) is 1. The van der Waals surface area contributed by atoms with E-state index in [-0.39, 0.29) is 11.9 Å². The molecular weight excluding hydrogens is 202 g/mol. The minimum absolute atomic E-state index is 0.182. The van der Waals surface area contributed by atoms with Crippen molar-refractivity contribution in [2.75, 3.05) is 26.7 Å². The highest BCUT2D eigenvalue weighted by atomic mass is 16.1. The van der Waals surface area contributed by atoms with Crippen LogP contribution in [0.1, 0.15) is 26.7 Å². The van der Waals surface area contributed by atoms with Crippen molar-refractivity contribution < 1.29 is 4.79 Å². The van der Waals surface area contributed by atoms with Crippen molar-refractivity contribution in [3.8, 4) is 0 Å². The number of likely N-dealkylation sites (tertiary alicyclic amines) is 1. The zero-order valence-corrected chi connectivity index (χ0v) is 10.7. The predicted molar refractivity (Wildman–Crippen MR) is 66.0 cm³/mol. The standard InChI is InChI=1S/C12H25N3O/c1-9(2)10-4-6-15(8-10)7-5-11(14-3)12(13)16/h9-11,14H,4-8H2,1-3H3,(H2,13,16). The third-order valence-corrected chi connectivity index (χ3v) is 3.68. The monoisotopic (exact) mass is 227 g/mol. The smallest absolute Gasteiger partial charge is 0.234 e. The molecule has 1 saturated heterocycles. The molecule has 1 fully saturated rings. The zero-order valence-electron chi connectivity index (χ0n) is 10.7. The fraction of sp³-hybridized carbons (Fsp3) is 0.917. The maximum atomic E-state index is 11.0. The van der Waals surface area contributed by atoms with Crippen LogP contribution in [0.5, 0.6) is 0 Å². The van der Waals surface area contributed by atoms with Crippen LogP contribution in [0, 0.1) is 11.8 Å². The van der Waals surface area contributed by atoms with Crippen LogP contribution in [0.15, 0.2) is 0 Å². The Morgan fingerprint density at radius 2 is 2.25 bits per heavy atom. The number of carbonyl (C=O) groups excluding carboxylic acids is 1. The molecule has 1 aliphatic heterocycles. The summed E-state index contributed by atoms with van der Waals surface area (Å²) in [5, 5.41) is 2.96. The number of carbonyl (C=O) groups is 1. The number of primary amides is 1. The fourth-order valence-electron chi connectivity index (χ4n) is 2.35. The molecule has 0 spiro atoms. The van der Waals surface area contributed by atoms with Crippen molar-refractivity contribution >= 4 is 5.91 Å².